The molecule has 0 aromatic heterocycles. The van der Waals surface area contributed by atoms with Gasteiger partial charge >= 0.3 is 53.4 Å². The van der Waals surface area contributed by atoms with Gasteiger partial charge in [0.15, 0.2) is 0 Å². The van der Waals surface area contributed by atoms with Gasteiger partial charge in [0.1, 0.15) is 0 Å². The van der Waals surface area contributed by atoms with Crippen molar-refractivity contribution >= 4 is 47.8 Å². The summed E-state index contributed by atoms with van der Waals surface area (Å²) in [6.45, 7) is 4.12. The zero-order valence-electron chi connectivity index (χ0n) is 19.7. The molecule has 15 heteroatoms. The van der Waals surface area contributed by atoms with Crippen molar-refractivity contribution in [2.24, 2.45) is 0 Å². The van der Waals surface area contributed by atoms with Gasteiger partial charge in [-0.3, -0.25) is 19.2 Å². The van der Waals surface area contributed by atoms with Gasteiger partial charge in [-0.15, -0.1) is 0 Å². The lowest BCUT2D eigenvalue weighted by atomic mass is 9.94. The van der Waals surface area contributed by atoms with E-state index in [1.54, 1.807) is 0 Å². The van der Waals surface area contributed by atoms with Crippen molar-refractivity contribution < 1.29 is 71.9 Å². The number of carboxylic acids is 1. The fraction of sp³-hybridized carbons (Fsp3) is 0.600. The van der Waals surface area contributed by atoms with Gasteiger partial charge < -0.3 is 33.5 Å². The average molecular weight is 506 g/mol. The SMILES string of the molecule is CCOC(=O)C(OC(=O)C(CC(=O)O)(CC(=O)OC(C)=O)OC(C)=O)(C(=O)OCC)C(=O)OCC. The Balaban J connectivity index is 6.92. The van der Waals surface area contributed by atoms with Crippen molar-refractivity contribution in [3.8, 4) is 0 Å². The minimum Gasteiger partial charge on any atom is -0.481 e. The van der Waals surface area contributed by atoms with Crippen molar-refractivity contribution in [3.63, 3.8) is 0 Å². The van der Waals surface area contributed by atoms with E-state index in [4.69, 9.17) is 9.47 Å². The van der Waals surface area contributed by atoms with Crippen molar-refractivity contribution in [2.45, 2.75) is 58.7 Å². The molecule has 0 amide bonds. The number of carbonyl (C=O) groups is 8. The topological polar surface area (TPSA) is 212 Å². The molecule has 15 nitrogen and oxygen atoms in total. The van der Waals surface area contributed by atoms with Crippen LogP contribution in [0, 0.1) is 0 Å². The van der Waals surface area contributed by atoms with Crippen LogP contribution < -0.4 is 0 Å². The molecule has 196 valence electrons. The van der Waals surface area contributed by atoms with E-state index < -0.39 is 91.6 Å². The van der Waals surface area contributed by atoms with E-state index in [1.807, 2.05) is 0 Å². The Kier molecular flexibility index (Phi) is 12.0. The second-order valence-corrected chi connectivity index (χ2v) is 6.53. The number of aliphatic carboxylic acids is 1. The first-order valence-electron chi connectivity index (χ1n) is 10.1. The van der Waals surface area contributed by atoms with Gasteiger partial charge in [-0.1, -0.05) is 0 Å². The van der Waals surface area contributed by atoms with Crippen LogP contribution in [0.3, 0.4) is 0 Å². The van der Waals surface area contributed by atoms with Gasteiger partial charge in [-0.2, -0.15) is 0 Å². The van der Waals surface area contributed by atoms with E-state index in [0.717, 1.165) is 13.8 Å². The van der Waals surface area contributed by atoms with Crippen LogP contribution in [0.4, 0.5) is 0 Å². The van der Waals surface area contributed by atoms with Crippen LogP contribution in [0.5, 0.6) is 0 Å². The lowest BCUT2D eigenvalue weighted by Crippen LogP contribution is -2.62. The zero-order valence-corrected chi connectivity index (χ0v) is 19.7. The molecule has 1 unspecified atom stereocenters. The van der Waals surface area contributed by atoms with Gasteiger partial charge in [0.25, 0.3) is 0 Å². The smallest absolute Gasteiger partial charge is 0.400 e. The summed E-state index contributed by atoms with van der Waals surface area (Å²) in [5, 5.41) is 9.29. The van der Waals surface area contributed by atoms with Crippen LogP contribution in [0.15, 0.2) is 0 Å². The summed E-state index contributed by atoms with van der Waals surface area (Å²) in [7, 11) is 0. The summed E-state index contributed by atoms with van der Waals surface area (Å²) >= 11 is 0. The van der Waals surface area contributed by atoms with E-state index >= 15 is 0 Å². The maximum Gasteiger partial charge on any atom is 0.400 e. The van der Waals surface area contributed by atoms with Gasteiger partial charge in [0.2, 0.25) is 5.60 Å². The number of hydrogen-bond acceptors (Lipinski definition) is 14. The Morgan fingerprint density at radius 2 is 1.06 bits per heavy atom. The van der Waals surface area contributed by atoms with E-state index in [9.17, 15) is 43.5 Å². The van der Waals surface area contributed by atoms with Crippen LogP contribution in [-0.4, -0.2) is 83.9 Å². The third-order valence-corrected chi connectivity index (χ3v) is 3.77. The predicted molar refractivity (Wildman–Crippen MR) is 107 cm³/mol. The molecule has 0 aromatic rings. The first-order chi connectivity index (χ1) is 16.2. The van der Waals surface area contributed by atoms with Gasteiger partial charge in [-0.05, 0) is 20.8 Å². The number of hydrogen-bond donors (Lipinski definition) is 1. The molecular weight excluding hydrogens is 480 g/mol. The monoisotopic (exact) mass is 506 g/mol. The Morgan fingerprint density at radius 3 is 1.37 bits per heavy atom. The van der Waals surface area contributed by atoms with E-state index in [2.05, 4.69) is 18.9 Å². The molecule has 0 aromatic carbocycles. The molecule has 1 N–H and O–H groups in total. The molecule has 0 bridgehead atoms. The highest BCUT2D eigenvalue weighted by Crippen LogP contribution is 2.29. The summed E-state index contributed by atoms with van der Waals surface area (Å²) in [6, 6.07) is 0. The molecule has 0 aliphatic carbocycles. The number of carboxylic acid groups (broad SMARTS) is 1. The maximum atomic E-state index is 13.2. The van der Waals surface area contributed by atoms with Crippen molar-refractivity contribution in [2.75, 3.05) is 19.8 Å². The third-order valence-electron chi connectivity index (χ3n) is 3.77. The molecular formula is C20H26O15. The van der Waals surface area contributed by atoms with Gasteiger partial charge in [-0.25, -0.2) is 19.2 Å². The van der Waals surface area contributed by atoms with E-state index in [0.29, 0.717) is 0 Å². The van der Waals surface area contributed by atoms with Crippen LogP contribution >= 0.6 is 0 Å². The maximum absolute atomic E-state index is 13.2. The van der Waals surface area contributed by atoms with Crippen molar-refractivity contribution in [1.29, 1.82) is 0 Å². The largest absolute Gasteiger partial charge is 0.481 e. The standard InChI is InChI=1S/C20H26O15/c1-6-30-16(27)20(17(28)31-7-2,18(29)32-8-3)35-15(26)19(9-13(23)24,34-12(5)22)10-14(25)33-11(4)21/h6-10H2,1-5H3,(H,23,24). The van der Waals surface area contributed by atoms with Crippen LogP contribution in [0.1, 0.15) is 47.5 Å². The third kappa shape index (κ3) is 8.35. The highest BCUT2D eigenvalue weighted by Gasteiger charge is 2.64. The minimum absolute atomic E-state index is 0.425. The van der Waals surface area contributed by atoms with Gasteiger partial charge in [0, 0.05) is 13.8 Å². The Hall–Kier alpha value is -4.04. The number of esters is 7. The molecule has 0 radical (unpaired) electrons. The Morgan fingerprint density at radius 1 is 0.629 bits per heavy atom. The fourth-order valence-electron chi connectivity index (χ4n) is 2.57. The molecule has 0 heterocycles. The predicted octanol–water partition coefficient (Wildman–Crippen LogP) is -0.786. The molecule has 0 fully saturated rings. The summed E-state index contributed by atoms with van der Waals surface area (Å²) in [5.41, 5.74) is -6.67. The highest BCUT2D eigenvalue weighted by atomic mass is 16.7. The molecule has 0 aliphatic heterocycles. The van der Waals surface area contributed by atoms with Crippen molar-refractivity contribution in [3.05, 3.63) is 0 Å². The van der Waals surface area contributed by atoms with E-state index in [-0.39, 0.29) is 0 Å². The molecule has 0 saturated heterocycles. The van der Waals surface area contributed by atoms with Crippen LogP contribution in [-0.2, 0) is 66.8 Å². The van der Waals surface area contributed by atoms with Crippen LogP contribution in [0.2, 0.25) is 0 Å². The summed E-state index contributed by atoms with van der Waals surface area (Å²) < 4.78 is 27.9. The summed E-state index contributed by atoms with van der Waals surface area (Å²) in [5.74, 6) is -13.2. The molecule has 1 atom stereocenters. The molecule has 0 aliphatic rings. The number of ether oxygens (including phenoxy) is 6. The molecule has 0 rings (SSSR count). The first kappa shape index (κ1) is 31.0. The summed E-state index contributed by atoms with van der Waals surface area (Å²) in [6.07, 6.45) is -2.88. The average Bonchev–Trinajstić information content (AvgIpc) is 2.70. The second kappa shape index (κ2) is 13.6. The fourth-order valence-corrected chi connectivity index (χ4v) is 2.57. The highest BCUT2D eigenvalue weighted by molar-refractivity contribution is 6.23. The zero-order chi connectivity index (χ0) is 27.4. The van der Waals surface area contributed by atoms with Crippen LogP contribution in [0.25, 0.3) is 0 Å². The molecule has 0 saturated carbocycles. The van der Waals surface area contributed by atoms with Gasteiger partial charge in [0.05, 0.1) is 32.7 Å². The second-order valence-electron chi connectivity index (χ2n) is 6.53. The van der Waals surface area contributed by atoms with E-state index in [1.165, 1.54) is 20.8 Å². The quantitative estimate of drug-likeness (QED) is 0.184. The molecule has 35 heavy (non-hydrogen) atoms. The number of carbonyl (C=O) groups excluding carboxylic acids is 7. The normalized spacial score (nSPS) is 12.3. The lowest BCUT2D eigenvalue weighted by molar-refractivity contribution is -0.216. The number of rotatable bonds is 13. The minimum atomic E-state index is -3.58. The lowest BCUT2D eigenvalue weighted by Gasteiger charge is -2.33. The van der Waals surface area contributed by atoms with Crippen molar-refractivity contribution in [1.82, 2.24) is 0 Å². The first-order valence-corrected chi connectivity index (χ1v) is 10.1. The molecule has 0 spiro atoms. The Bertz CT molecular complexity index is 810. The summed E-state index contributed by atoms with van der Waals surface area (Å²) in [4.78, 5) is 97.7. The Labute approximate surface area is 198 Å².